The number of nitrogens with zero attached hydrogens (tertiary/aromatic N) is 2. The van der Waals surface area contributed by atoms with Gasteiger partial charge in [-0.15, -0.1) is 0 Å². The first-order chi connectivity index (χ1) is 10.2. The molecule has 0 radical (unpaired) electrons. The van der Waals surface area contributed by atoms with Crippen molar-refractivity contribution in [3.63, 3.8) is 0 Å². The maximum Gasteiger partial charge on any atom is 0.223 e. The van der Waals surface area contributed by atoms with Gasteiger partial charge in [-0.3, -0.25) is 9.69 Å². The van der Waals surface area contributed by atoms with Crippen LogP contribution in [0.1, 0.15) is 31.4 Å². The molecule has 1 amide bonds. The van der Waals surface area contributed by atoms with E-state index in [0.717, 1.165) is 51.2 Å². The molecule has 2 fully saturated rings. The molecule has 0 bridgehead atoms. The van der Waals surface area contributed by atoms with Gasteiger partial charge >= 0.3 is 0 Å². The number of furan rings is 1. The van der Waals surface area contributed by atoms with Crippen molar-refractivity contribution in [2.45, 2.75) is 44.2 Å². The van der Waals surface area contributed by atoms with Crippen LogP contribution < -0.4 is 0 Å². The quantitative estimate of drug-likeness (QED) is 0.908. The number of carbonyl (C=O) groups excluding carboxylic acids is 1. The molecule has 1 aliphatic heterocycles. The Hall–Kier alpha value is -1.33. The molecule has 21 heavy (non-hydrogen) atoms. The van der Waals surface area contributed by atoms with Gasteiger partial charge in [-0.1, -0.05) is 0 Å². The first-order valence-electron chi connectivity index (χ1n) is 7.96. The molecule has 0 spiro atoms. The van der Waals surface area contributed by atoms with Crippen molar-refractivity contribution in [3.05, 3.63) is 24.2 Å². The second-order valence-corrected chi connectivity index (χ2v) is 6.06. The van der Waals surface area contributed by atoms with Gasteiger partial charge in [0, 0.05) is 45.1 Å². The van der Waals surface area contributed by atoms with E-state index in [2.05, 4.69) is 4.90 Å². The van der Waals surface area contributed by atoms with Crippen LogP contribution in [0.4, 0.5) is 0 Å². The summed E-state index contributed by atoms with van der Waals surface area (Å²) in [5, 5.41) is 9.97. The molecule has 5 nitrogen and oxygen atoms in total. The molecular formula is C16H24N2O3. The maximum absolute atomic E-state index is 12.2. The lowest BCUT2D eigenvalue weighted by atomic mass is 10.1. The van der Waals surface area contributed by atoms with Gasteiger partial charge in [-0.2, -0.15) is 0 Å². The van der Waals surface area contributed by atoms with Gasteiger partial charge in [0.25, 0.3) is 0 Å². The number of aryl methyl sites for hydroxylation is 1. The second-order valence-electron chi connectivity index (χ2n) is 6.06. The Bertz CT molecular complexity index is 452. The summed E-state index contributed by atoms with van der Waals surface area (Å²) in [4.78, 5) is 16.5. The number of carbonyl (C=O) groups is 1. The zero-order chi connectivity index (χ0) is 14.7. The predicted octanol–water partition coefficient (Wildman–Crippen LogP) is 1.27. The summed E-state index contributed by atoms with van der Waals surface area (Å²) in [7, 11) is 0. The molecule has 1 aliphatic carbocycles. The first kappa shape index (κ1) is 14.6. The normalized spacial score (nSPS) is 27.2. The molecule has 3 rings (SSSR count). The van der Waals surface area contributed by atoms with Gasteiger partial charge in [0.05, 0.1) is 12.4 Å². The van der Waals surface area contributed by atoms with E-state index in [-0.39, 0.29) is 12.0 Å². The van der Waals surface area contributed by atoms with Gasteiger partial charge in [-0.05, 0) is 31.4 Å². The van der Waals surface area contributed by atoms with Crippen LogP contribution in [-0.2, 0) is 11.2 Å². The van der Waals surface area contributed by atoms with Crippen molar-refractivity contribution in [1.82, 2.24) is 9.80 Å². The third kappa shape index (κ3) is 3.47. The minimum Gasteiger partial charge on any atom is -0.469 e. The van der Waals surface area contributed by atoms with Gasteiger partial charge in [-0.25, -0.2) is 0 Å². The summed E-state index contributed by atoms with van der Waals surface area (Å²) in [6.45, 7) is 3.32. The van der Waals surface area contributed by atoms with Crippen molar-refractivity contribution in [3.8, 4) is 0 Å². The largest absolute Gasteiger partial charge is 0.469 e. The number of aliphatic hydroxyl groups is 1. The predicted molar refractivity (Wildman–Crippen MR) is 78.8 cm³/mol. The van der Waals surface area contributed by atoms with Crippen LogP contribution in [0.15, 0.2) is 22.8 Å². The Kier molecular flexibility index (Phi) is 4.60. The average molecular weight is 292 g/mol. The minimum atomic E-state index is -0.175. The van der Waals surface area contributed by atoms with Crippen molar-refractivity contribution in [2.75, 3.05) is 26.2 Å². The fourth-order valence-corrected chi connectivity index (χ4v) is 3.49. The molecule has 0 aromatic carbocycles. The summed E-state index contributed by atoms with van der Waals surface area (Å²) in [5.74, 6) is 1.08. The Morgan fingerprint density at radius 2 is 2.10 bits per heavy atom. The molecule has 2 atom stereocenters. The molecule has 116 valence electrons. The van der Waals surface area contributed by atoms with Crippen LogP contribution >= 0.6 is 0 Å². The fourth-order valence-electron chi connectivity index (χ4n) is 3.49. The number of amides is 1. The summed E-state index contributed by atoms with van der Waals surface area (Å²) in [6.07, 6.45) is 5.79. The Morgan fingerprint density at radius 3 is 2.71 bits per heavy atom. The Morgan fingerprint density at radius 1 is 1.29 bits per heavy atom. The van der Waals surface area contributed by atoms with Crippen molar-refractivity contribution in [2.24, 2.45) is 0 Å². The molecule has 1 N–H and O–H groups in total. The Labute approximate surface area is 125 Å². The molecule has 1 aromatic rings. The zero-order valence-electron chi connectivity index (χ0n) is 12.4. The first-order valence-corrected chi connectivity index (χ1v) is 7.96. The number of hydrogen-bond donors (Lipinski definition) is 1. The van der Waals surface area contributed by atoms with E-state index in [1.54, 1.807) is 6.26 Å². The summed E-state index contributed by atoms with van der Waals surface area (Å²) in [5.41, 5.74) is 0. The number of aliphatic hydroxyl groups excluding tert-OH is 1. The highest BCUT2D eigenvalue weighted by Gasteiger charge is 2.33. The van der Waals surface area contributed by atoms with Crippen LogP contribution in [0.5, 0.6) is 0 Å². The molecule has 2 aliphatic rings. The van der Waals surface area contributed by atoms with Gasteiger partial charge in [0.15, 0.2) is 0 Å². The van der Waals surface area contributed by atoms with Gasteiger partial charge < -0.3 is 14.4 Å². The van der Waals surface area contributed by atoms with Crippen molar-refractivity contribution in [1.29, 1.82) is 0 Å². The number of hydrogen-bond acceptors (Lipinski definition) is 4. The molecule has 1 aromatic heterocycles. The SMILES string of the molecule is O=C(CCc1ccco1)N1CCN(C2CCCC2O)CC1. The minimum absolute atomic E-state index is 0.175. The van der Waals surface area contributed by atoms with E-state index in [1.165, 1.54) is 0 Å². The highest BCUT2D eigenvalue weighted by Crippen LogP contribution is 2.25. The van der Waals surface area contributed by atoms with E-state index < -0.39 is 0 Å². The lowest BCUT2D eigenvalue weighted by Crippen LogP contribution is -2.53. The van der Waals surface area contributed by atoms with E-state index in [4.69, 9.17) is 4.42 Å². The van der Waals surface area contributed by atoms with Gasteiger partial charge in [0.2, 0.25) is 5.91 Å². The standard InChI is InChI=1S/C16H24N2O3/c19-15-5-1-4-14(15)17-8-10-18(11-9-17)16(20)7-6-13-3-2-12-21-13/h2-3,12,14-15,19H,1,4-11H2. The fraction of sp³-hybridized carbons (Fsp3) is 0.688. The van der Waals surface area contributed by atoms with Gasteiger partial charge in [0.1, 0.15) is 5.76 Å². The monoisotopic (exact) mass is 292 g/mol. The van der Waals surface area contributed by atoms with Crippen LogP contribution in [0.3, 0.4) is 0 Å². The number of piperazine rings is 1. The maximum atomic E-state index is 12.2. The molecule has 2 unspecified atom stereocenters. The zero-order valence-corrected chi connectivity index (χ0v) is 12.4. The summed E-state index contributed by atoms with van der Waals surface area (Å²) < 4.78 is 5.26. The molecule has 2 heterocycles. The van der Waals surface area contributed by atoms with E-state index in [0.29, 0.717) is 18.9 Å². The summed E-state index contributed by atoms with van der Waals surface area (Å²) >= 11 is 0. The van der Waals surface area contributed by atoms with E-state index >= 15 is 0 Å². The lowest BCUT2D eigenvalue weighted by Gasteiger charge is -2.39. The van der Waals surface area contributed by atoms with Crippen LogP contribution in [0, 0.1) is 0 Å². The topological polar surface area (TPSA) is 56.9 Å². The Balaban J connectivity index is 1.43. The molecule has 5 heteroatoms. The molecule has 1 saturated carbocycles. The smallest absolute Gasteiger partial charge is 0.223 e. The van der Waals surface area contributed by atoms with Crippen molar-refractivity contribution < 1.29 is 14.3 Å². The molecule has 1 saturated heterocycles. The average Bonchev–Trinajstić information content (AvgIpc) is 3.16. The highest BCUT2D eigenvalue weighted by atomic mass is 16.3. The number of rotatable bonds is 4. The lowest BCUT2D eigenvalue weighted by molar-refractivity contribution is -0.133. The van der Waals surface area contributed by atoms with Crippen LogP contribution in [0.2, 0.25) is 0 Å². The second kappa shape index (κ2) is 6.62. The van der Waals surface area contributed by atoms with E-state index in [1.807, 2.05) is 17.0 Å². The third-order valence-corrected chi connectivity index (χ3v) is 4.75. The van der Waals surface area contributed by atoms with Crippen molar-refractivity contribution >= 4 is 5.91 Å². The molecular weight excluding hydrogens is 268 g/mol. The van der Waals surface area contributed by atoms with Crippen LogP contribution in [-0.4, -0.2) is 59.1 Å². The van der Waals surface area contributed by atoms with Crippen LogP contribution in [0.25, 0.3) is 0 Å². The van der Waals surface area contributed by atoms with E-state index in [9.17, 15) is 9.90 Å². The third-order valence-electron chi connectivity index (χ3n) is 4.75. The highest BCUT2D eigenvalue weighted by molar-refractivity contribution is 5.76. The summed E-state index contributed by atoms with van der Waals surface area (Å²) in [6, 6.07) is 4.07.